The van der Waals surface area contributed by atoms with Crippen molar-refractivity contribution >= 4 is 17.2 Å². The maximum absolute atomic E-state index is 11.6. The van der Waals surface area contributed by atoms with Gasteiger partial charge in [-0.05, 0) is 11.4 Å². The zero-order valence-corrected chi connectivity index (χ0v) is 9.01. The highest BCUT2D eigenvalue weighted by Gasteiger charge is 2.22. The number of nitrogens with one attached hydrogen (secondary N) is 1. The van der Waals surface area contributed by atoms with E-state index in [9.17, 15) is 4.79 Å². The van der Waals surface area contributed by atoms with E-state index >= 15 is 0 Å². The number of hydrogen-bond acceptors (Lipinski definition) is 3. The molecule has 2 rings (SSSR count). The Morgan fingerprint density at radius 1 is 1.64 bits per heavy atom. The van der Waals surface area contributed by atoms with E-state index in [0.717, 1.165) is 13.1 Å². The van der Waals surface area contributed by atoms with Crippen molar-refractivity contribution in [2.24, 2.45) is 0 Å². The first-order valence-corrected chi connectivity index (χ1v) is 5.66. The molecule has 0 aromatic carbocycles. The van der Waals surface area contributed by atoms with E-state index in [1.807, 2.05) is 13.1 Å². The van der Waals surface area contributed by atoms with Crippen molar-refractivity contribution in [1.82, 2.24) is 10.2 Å². The van der Waals surface area contributed by atoms with Gasteiger partial charge >= 0.3 is 0 Å². The normalized spacial score (nSPS) is 23.6. The van der Waals surface area contributed by atoms with Gasteiger partial charge in [-0.1, -0.05) is 6.07 Å². The molecule has 0 bridgehead atoms. The zero-order valence-electron chi connectivity index (χ0n) is 8.19. The summed E-state index contributed by atoms with van der Waals surface area (Å²) in [5, 5.41) is 5.44. The SMILES string of the molecule is CN1CCNC(c2cccs2)CC1=O. The lowest BCUT2D eigenvalue weighted by molar-refractivity contribution is -0.129. The molecule has 4 heteroatoms. The largest absolute Gasteiger partial charge is 0.344 e. The molecule has 1 aromatic rings. The van der Waals surface area contributed by atoms with Crippen LogP contribution in [-0.4, -0.2) is 30.9 Å². The van der Waals surface area contributed by atoms with Gasteiger partial charge in [-0.25, -0.2) is 0 Å². The standard InChI is InChI=1S/C10H14N2OS/c1-12-5-4-11-8(7-10(12)13)9-3-2-6-14-9/h2-3,6,8,11H,4-5,7H2,1H3. The van der Waals surface area contributed by atoms with Gasteiger partial charge in [0.15, 0.2) is 0 Å². The molecule has 2 heterocycles. The maximum atomic E-state index is 11.6. The highest BCUT2D eigenvalue weighted by Crippen LogP contribution is 2.23. The average Bonchev–Trinajstić information content (AvgIpc) is 2.63. The minimum atomic E-state index is 0.215. The van der Waals surface area contributed by atoms with E-state index < -0.39 is 0 Å². The Hall–Kier alpha value is -0.870. The van der Waals surface area contributed by atoms with E-state index in [1.54, 1.807) is 16.2 Å². The van der Waals surface area contributed by atoms with Gasteiger partial charge < -0.3 is 10.2 Å². The van der Waals surface area contributed by atoms with Crippen LogP contribution >= 0.6 is 11.3 Å². The summed E-state index contributed by atoms with van der Waals surface area (Å²) in [4.78, 5) is 14.7. The molecule has 1 unspecified atom stereocenters. The van der Waals surface area contributed by atoms with Crippen LogP contribution in [0.15, 0.2) is 17.5 Å². The summed E-state index contributed by atoms with van der Waals surface area (Å²) in [6, 6.07) is 4.33. The quantitative estimate of drug-likeness (QED) is 0.756. The molecule has 76 valence electrons. The monoisotopic (exact) mass is 210 g/mol. The minimum absolute atomic E-state index is 0.215. The molecule has 14 heavy (non-hydrogen) atoms. The van der Waals surface area contributed by atoms with Crippen LogP contribution in [0.25, 0.3) is 0 Å². The van der Waals surface area contributed by atoms with Crippen LogP contribution in [0.2, 0.25) is 0 Å². The van der Waals surface area contributed by atoms with Gasteiger partial charge in [-0.15, -0.1) is 11.3 Å². The van der Waals surface area contributed by atoms with Gasteiger partial charge in [-0.3, -0.25) is 4.79 Å². The fourth-order valence-corrected chi connectivity index (χ4v) is 2.43. The molecule has 0 radical (unpaired) electrons. The molecule has 3 nitrogen and oxygen atoms in total. The van der Waals surface area contributed by atoms with Crippen molar-refractivity contribution in [1.29, 1.82) is 0 Å². The van der Waals surface area contributed by atoms with Crippen molar-refractivity contribution in [2.45, 2.75) is 12.5 Å². The number of hydrogen-bond donors (Lipinski definition) is 1. The number of carbonyl (C=O) groups excluding carboxylic acids is 1. The van der Waals surface area contributed by atoms with Crippen molar-refractivity contribution in [3.63, 3.8) is 0 Å². The molecule has 1 amide bonds. The van der Waals surface area contributed by atoms with E-state index in [-0.39, 0.29) is 11.9 Å². The Kier molecular flexibility index (Phi) is 2.84. The molecule has 0 saturated carbocycles. The Balaban J connectivity index is 2.10. The lowest BCUT2D eigenvalue weighted by Crippen LogP contribution is -2.27. The van der Waals surface area contributed by atoms with Crippen molar-refractivity contribution in [2.75, 3.05) is 20.1 Å². The van der Waals surface area contributed by atoms with Gasteiger partial charge in [0.05, 0.1) is 6.04 Å². The fraction of sp³-hybridized carbons (Fsp3) is 0.500. The Labute approximate surface area is 87.7 Å². The third-order valence-corrected chi connectivity index (χ3v) is 3.52. The van der Waals surface area contributed by atoms with Gasteiger partial charge in [0.1, 0.15) is 0 Å². The summed E-state index contributed by atoms with van der Waals surface area (Å²) < 4.78 is 0. The van der Waals surface area contributed by atoms with Crippen LogP contribution < -0.4 is 5.32 Å². The molecule has 1 aliphatic rings. The first-order chi connectivity index (χ1) is 6.77. The predicted molar refractivity (Wildman–Crippen MR) is 57.3 cm³/mol. The van der Waals surface area contributed by atoms with Gasteiger partial charge in [0, 0.05) is 31.4 Å². The lowest BCUT2D eigenvalue weighted by atomic mass is 10.1. The molecule has 1 atom stereocenters. The number of rotatable bonds is 1. The molecule has 0 spiro atoms. The summed E-state index contributed by atoms with van der Waals surface area (Å²) in [5.74, 6) is 0.230. The number of thiophene rings is 1. The van der Waals surface area contributed by atoms with Crippen LogP contribution in [-0.2, 0) is 4.79 Å². The van der Waals surface area contributed by atoms with Crippen LogP contribution in [0.5, 0.6) is 0 Å². The summed E-state index contributed by atoms with van der Waals surface area (Å²) in [6.45, 7) is 1.69. The lowest BCUT2D eigenvalue weighted by Gasteiger charge is -2.13. The minimum Gasteiger partial charge on any atom is -0.344 e. The summed E-state index contributed by atoms with van der Waals surface area (Å²) in [6.07, 6.45) is 0.580. The number of carbonyl (C=O) groups is 1. The maximum Gasteiger partial charge on any atom is 0.224 e. The second kappa shape index (κ2) is 4.11. The smallest absolute Gasteiger partial charge is 0.224 e. The van der Waals surface area contributed by atoms with Crippen molar-refractivity contribution in [3.05, 3.63) is 22.4 Å². The van der Waals surface area contributed by atoms with Crippen molar-refractivity contribution in [3.8, 4) is 0 Å². The molecule has 0 aliphatic carbocycles. The van der Waals surface area contributed by atoms with E-state index in [2.05, 4.69) is 16.8 Å². The van der Waals surface area contributed by atoms with Crippen LogP contribution in [0, 0.1) is 0 Å². The van der Waals surface area contributed by atoms with E-state index in [1.165, 1.54) is 4.88 Å². The van der Waals surface area contributed by atoms with Crippen LogP contribution in [0.4, 0.5) is 0 Å². The number of amides is 1. The van der Waals surface area contributed by atoms with Gasteiger partial charge in [0.25, 0.3) is 0 Å². The number of nitrogens with zero attached hydrogens (tertiary/aromatic N) is 1. The van der Waals surface area contributed by atoms with Gasteiger partial charge in [0.2, 0.25) is 5.91 Å². The van der Waals surface area contributed by atoms with Gasteiger partial charge in [-0.2, -0.15) is 0 Å². The molecular formula is C10H14N2OS. The summed E-state index contributed by atoms with van der Waals surface area (Å²) >= 11 is 1.71. The zero-order chi connectivity index (χ0) is 9.97. The summed E-state index contributed by atoms with van der Waals surface area (Å²) in [5.41, 5.74) is 0. The highest BCUT2D eigenvalue weighted by molar-refractivity contribution is 7.10. The predicted octanol–water partition coefficient (Wildman–Crippen LogP) is 1.24. The molecule has 1 N–H and O–H groups in total. The fourth-order valence-electron chi connectivity index (χ4n) is 1.62. The summed E-state index contributed by atoms with van der Waals surface area (Å²) in [7, 11) is 1.86. The Morgan fingerprint density at radius 2 is 2.50 bits per heavy atom. The highest BCUT2D eigenvalue weighted by atomic mass is 32.1. The second-order valence-corrected chi connectivity index (χ2v) is 4.52. The Bertz CT molecular complexity index is 310. The second-order valence-electron chi connectivity index (χ2n) is 3.54. The van der Waals surface area contributed by atoms with E-state index in [4.69, 9.17) is 0 Å². The molecule has 1 aromatic heterocycles. The molecule has 1 saturated heterocycles. The van der Waals surface area contributed by atoms with E-state index in [0.29, 0.717) is 6.42 Å². The average molecular weight is 210 g/mol. The third-order valence-electron chi connectivity index (χ3n) is 2.53. The van der Waals surface area contributed by atoms with Crippen molar-refractivity contribution < 1.29 is 4.79 Å². The topological polar surface area (TPSA) is 32.3 Å². The first-order valence-electron chi connectivity index (χ1n) is 4.78. The molecule has 1 fully saturated rings. The molecular weight excluding hydrogens is 196 g/mol. The van der Waals surface area contributed by atoms with Crippen LogP contribution in [0.3, 0.4) is 0 Å². The van der Waals surface area contributed by atoms with Crippen LogP contribution in [0.1, 0.15) is 17.3 Å². The third kappa shape index (κ3) is 1.96. The Morgan fingerprint density at radius 3 is 3.21 bits per heavy atom. The number of likely N-dealkylation sites (N-methyl/N-ethyl adjacent to an activating group) is 1. The molecule has 1 aliphatic heterocycles. The first kappa shape index (κ1) is 9.68.